The third kappa shape index (κ3) is 2.91. The van der Waals surface area contributed by atoms with E-state index in [2.05, 4.69) is 0 Å². The number of nitro benzene ring substituents is 1. The summed E-state index contributed by atoms with van der Waals surface area (Å²) in [6.07, 6.45) is -0.239. The maximum Gasteiger partial charge on any atom is 0.326 e. The monoisotopic (exact) mass is 318 g/mol. The molecule has 7 nitrogen and oxygen atoms in total. The molecule has 1 fully saturated rings. The van der Waals surface area contributed by atoms with Crippen molar-refractivity contribution in [3.63, 3.8) is 0 Å². The Morgan fingerprint density at radius 1 is 1.62 bits per heavy atom. The minimum Gasteiger partial charge on any atom is -0.480 e. The van der Waals surface area contributed by atoms with E-state index in [1.807, 2.05) is 0 Å². The number of methoxy groups -OCH3 is 1. The van der Waals surface area contributed by atoms with Crippen LogP contribution < -0.4 is 4.90 Å². The molecule has 1 aliphatic rings. The molecule has 0 aromatic heterocycles. The SMILES string of the molecule is COC1CC(C(=O)O)N(c2cc(F)c(Cl)cc2[N+](=O)[O-])C1. The number of nitrogens with zero attached hydrogens (tertiary/aromatic N) is 2. The highest BCUT2D eigenvalue weighted by Gasteiger charge is 2.40. The molecule has 1 aromatic carbocycles. The molecule has 114 valence electrons. The van der Waals surface area contributed by atoms with Gasteiger partial charge in [-0.2, -0.15) is 0 Å². The van der Waals surface area contributed by atoms with E-state index in [-0.39, 0.29) is 23.7 Å². The number of halogens is 2. The Morgan fingerprint density at radius 2 is 2.29 bits per heavy atom. The van der Waals surface area contributed by atoms with Crippen LogP contribution in [0.15, 0.2) is 12.1 Å². The van der Waals surface area contributed by atoms with Gasteiger partial charge in [0.25, 0.3) is 5.69 Å². The zero-order chi connectivity index (χ0) is 15.7. The van der Waals surface area contributed by atoms with Crippen LogP contribution in [0.5, 0.6) is 0 Å². The summed E-state index contributed by atoms with van der Waals surface area (Å²) in [4.78, 5) is 22.9. The van der Waals surface area contributed by atoms with Gasteiger partial charge in [-0.05, 0) is 0 Å². The Bertz CT molecular complexity index is 597. The molecule has 0 saturated carbocycles. The van der Waals surface area contributed by atoms with Crippen LogP contribution in [0.4, 0.5) is 15.8 Å². The van der Waals surface area contributed by atoms with Gasteiger partial charge in [0.2, 0.25) is 0 Å². The highest BCUT2D eigenvalue weighted by Crippen LogP contribution is 2.37. The molecule has 1 heterocycles. The third-order valence-corrected chi connectivity index (χ3v) is 3.69. The Kier molecular flexibility index (Phi) is 4.29. The summed E-state index contributed by atoms with van der Waals surface area (Å²) in [7, 11) is 1.42. The molecular formula is C12H12ClFN2O5. The fourth-order valence-electron chi connectivity index (χ4n) is 2.37. The highest BCUT2D eigenvalue weighted by atomic mass is 35.5. The summed E-state index contributed by atoms with van der Waals surface area (Å²) in [6, 6.07) is 0.744. The zero-order valence-corrected chi connectivity index (χ0v) is 11.7. The van der Waals surface area contributed by atoms with Crippen LogP contribution in [0.25, 0.3) is 0 Å². The predicted octanol–water partition coefficient (Wildman–Crippen LogP) is 2.07. The number of hydrogen-bond donors (Lipinski definition) is 1. The fraction of sp³-hybridized carbons (Fsp3) is 0.417. The number of benzene rings is 1. The first-order chi connectivity index (χ1) is 9.85. The van der Waals surface area contributed by atoms with E-state index in [9.17, 15) is 24.4 Å². The first kappa shape index (κ1) is 15.5. The van der Waals surface area contributed by atoms with Crippen molar-refractivity contribution in [2.24, 2.45) is 0 Å². The van der Waals surface area contributed by atoms with Crippen molar-refractivity contribution in [2.45, 2.75) is 18.6 Å². The molecule has 0 spiro atoms. The molecule has 1 saturated heterocycles. The normalized spacial score (nSPS) is 21.6. The van der Waals surface area contributed by atoms with Gasteiger partial charge in [-0.25, -0.2) is 9.18 Å². The van der Waals surface area contributed by atoms with Gasteiger partial charge in [-0.1, -0.05) is 11.6 Å². The van der Waals surface area contributed by atoms with Crippen LogP contribution >= 0.6 is 11.6 Å². The second-order valence-corrected chi connectivity index (χ2v) is 5.02. The van der Waals surface area contributed by atoms with Crippen molar-refractivity contribution in [1.82, 2.24) is 0 Å². The number of carboxylic acid groups (broad SMARTS) is 1. The molecule has 0 bridgehead atoms. The van der Waals surface area contributed by atoms with Crippen LogP contribution in [-0.2, 0) is 9.53 Å². The van der Waals surface area contributed by atoms with E-state index in [1.165, 1.54) is 12.0 Å². The summed E-state index contributed by atoms with van der Waals surface area (Å²) >= 11 is 5.55. The molecule has 2 rings (SSSR count). The molecule has 0 aliphatic carbocycles. The predicted molar refractivity (Wildman–Crippen MR) is 72.2 cm³/mol. The molecule has 1 N–H and O–H groups in total. The first-order valence-corrected chi connectivity index (χ1v) is 6.38. The summed E-state index contributed by atoms with van der Waals surface area (Å²) in [5.74, 6) is -2.00. The average molecular weight is 319 g/mol. The minimum absolute atomic E-state index is 0.117. The largest absolute Gasteiger partial charge is 0.480 e. The molecule has 0 radical (unpaired) electrons. The molecular weight excluding hydrogens is 307 g/mol. The Hall–Kier alpha value is -1.93. The van der Waals surface area contributed by atoms with E-state index in [4.69, 9.17) is 16.3 Å². The third-order valence-electron chi connectivity index (χ3n) is 3.40. The lowest BCUT2D eigenvalue weighted by Gasteiger charge is -2.23. The Labute approximate surface area is 124 Å². The van der Waals surface area contributed by atoms with Crippen molar-refractivity contribution in [2.75, 3.05) is 18.6 Å². The summed E-state index contributed by atoms with van der Waals surface area (Å²) in [5, 5.41) is 19.9. The molecule has 21 heavy (non-hydrogen) atoms. The van der Waals surface area contributed by atoms with E-state index in [1.54, 1.807) is 0 Å². The molecule has 9 heteroatoms. The minimum atomic E-state index is -1.15. The van der Waals surface area contributed by atoms with Crippen LogP contribution in [0.2, 0.25) is 5.02 Å². The number of carbonyl (C=O) groups is 1. The number of ether oxygens (including phenoxy) is 1. The quantitative estimate of drug-likeness (QED) is 0.674. The number of aliphatic carboxylic acids is 1. The van der Waals surface area contributed by atoms with Crippen LogP contribution in [-0.4, -0.2) is 41.8 Å². The molecule has 1 aliphatic heterocycles. The van der Waals surface area contributed by atoms with Gasteiger partial charge in [0.1, 0.15) is 17.5 Å². The number of carboxylic acids is 1. The Balaban J connectivity index is 2.51. The van der Waals surface area contributed by atoms with Crippen molar-refractivity contribution < 1.29 is 24.0 Å². The average Bonchev–Trinajstić information content (AvgIpc) is 2.85. The Morgan fingerprint density at radius 3 is 2.81 bits per heavy atom. The summed E-state index contributed by atoms with van der Waals surface area (Å²) < 4.78 is 18.7. The lowest BCUT2D eigenvalue weighted by molar-refractivity contribution is -0.384. The van der Waals surface area contributed by atoms with Gasteiger partial charge < -0.3 is 14.7 Å². The maximum atomic E-state index is 13.6. The first-order valence-electron chi connectivity index (χ1n) is 6.00. The molecule has 2 unspecified atom stereocenters. The smallest absolute Gasteiger partial charge is 0.326 e. The standard InChI is InChI=1S/C12H12ClFN2O5/c1-21-6-2-11(12(17)18)15(5-6)9-4-8(14)7(13)3-10(9)16(19)20/h3-4,6,11H,2,5H2,1H3,(H,17,18). The van der Waals surface area contributed by atoms with Gasteiger partial charge in [0.05, 0.1) is 16.0 Å². The van der Waals surface area contributed by atoms with Gasteiger partial charge in [-0.15, -0.1) is 0 Å². The van der Waals surface area contributed by atoms with Crippen molar-refractivity contribution in [3.8, 4) is 0 Å². The number of hydrogen-bond acceptors (Lipinski definition) is 5. The van der Waals surface area contributed by atoms with Crippen LogP contribution in [0.3, 0.4) is 0 Å². The number of rotatable bonds is 4. The van der Waals surface area contributed by atoms with E-state index in [0.29, 0.717) is 0 Å². The summed E-state index contributed by atoms with van der Waals surface area (Å²) in [6.45, 7) is 0.120. The van der Waals surface area contributed by atoms with Gasteiger partial charge in [0, 0.05) is 32.2 Å². The second kappa shape index (κ2) is 5.82. The highest BCUT2D eigenvalue weighted by molar-refractivity contribution is 6.31. The molecule has 2 atom stereocenters. The van der Waals surface area contributed by atoms with Crippen molar-refractivity contribution in [1.29, 1.82) is 0 Å². The molecule has 1 aromatic rings. The lowest BCUT2D eigenvalue weighted by atomic mass is 10.2. The van der Waals surface area contributed by atoms with E-state index < -0.39 is 34.5 Å². The van der Waals surface area contributed by atoms with E-state index in [0.717, 1.165) is 12.1 Å². The maximum absolute atomic E-state index is 13.6. The van der Waals surface area contributed by atoms with E-state index >= 15 is 0 Å². The zero-order valence-electron chi connectivity index (χ0n) is 11.0. The second-order valence-electron chi connectivity index (χ2n) is 4.61. The fourth-order valence-corrected chi connectivity index (χ4v) is 2.53. The van der Waals surface area contributed by atoms with Crippen LogP contribution in [0.1, 0.15) is 6.42 Å². The number of nitro groups is 1. The van der Waals surface area contributed by atoms with Crippen LogP contribution in [0, 0.1) is 15.9 Å². The van der Waals surface area contributed by atoms with Gasteiger partial charge in [-0.3, -0.25) is 10.1 Å². The van der Waals surface area contributed by atoms with Gasteiger partial charge >= 0.3 is 5.97 Å². The topological polar surface area (TPSA) is 92.9 Å². The number of anilines is 1. The van der Waals surface area contributed by atoms with Crippen molar-refractivity contribution in [3.05, 3.63) is 33.1 Å². The van der Waals surface area contributed by atoms with Gasteiger partial charge in [0.15, 0.2) is 0 Å². The summed E-state index contributed by atoms with van der Waals surface area (Å²) in [5.41, 5.74) is -0.557. The molecule has 0 amide bonds. The van der Waals surface area contributed by atoms with Crippen molar-refractivity contribution >= 4 is 28.9 Å². The lowest BCUT2D eigenvalue weighted by Crippen LogP contribution is -2.36.